The molecule has 0 saturated carbocycles. The summed E-state index contributed by atoms with van der Waals surface area (Å²) in [6.07, 6.45) is 2.66. The fourth-order valence-electron chi connectivity index (χ4n) is 2.13. The summed E-state index contributed by atoms with van der Waals surface area (Å²) in [6.45, 7) is 4.88. The van der Waals surface area contributed by atoms with Crippen LogP contribution in [0.15, 0.2) is 18.2 Å². The van der Waals surface area contributed by atoms with E-state index in [9.17, 15) is 8.78 Å². The summed E-state index contributed by atoms with van der Waals surface area (Å²) in [5.41, 5.74) is 0.688. The minimum absolute atomic E-state index is 0.199. The van der Waals surface area contributed by atoms with E-state index in [1.807, 2.05) is 13.8 Å². The largest absolute Gasteiger partial charge is 0.382 e. The van der Waals surface area contributed by atoms with E-state index >= 15 is 0 Å². The van der Waals surface area contributed by atoms with Crippen molar-refractivity contribution in [3.63, 3.8) is 0 Å². The molecule has 0 aliphatic rings. The molecule has 0 fully saturated rings. The quantitative estimate of drug-likeness (QED) is 0.783. The van der Waals surface area contributed by atoms with E-state index in [-0.39, 0.29) is 12.1 Å². The Labute approximate surface area is 114 Å². The van der Waals surface area contributed by atoms with Gasteiger partial charge in [-0.3, -0.25) is 0 Å². The normalized spacial score (nSPS) is 14.4. The molecular formula is C15H23F2NO. The van der Waals surface area contributed by atoms with Gasteiger partial charge < -0.3 is 10.1 Å². The Balaban J connectivity index is 2.61. The van der Waals surface area contributed by atoms with Crippen LogP contribution in [0.3, 0.4) is 0 Å². The van der Waals surface area contributed by atoms with Crippen LogP contribution in [0, 0.1) is 11.6 Å². The molecule has 0 amide bonds. The fraction of sp³-hybridized carbons (Fsp3) is 0.600. The zero-order valence-corrected chi connectivity index (χ0v) is 11.9. The third-order valence-corrected chi connectivity index (χ3v) is 3.22. The lowest BCUT2D eigenvalue weighted by molar-refractivity contribution is 0.106. The molecule has 0 radical (unpaired) electrons. The van der Waals surface area contributed by atoms with Gasteiger partial charge in [0, 0.05) is 19.2 Å². The van der Waals surface area contributed by atoms with Crippen molar-refractivity contribution in [3.8, 4) is 0 Å². The van der Waals surface area contributed by atoms with Crippen LogP contribution >= 0.6 is 0 Å². The molecule has 19 heavy (non-hydrogen) atoms. The summed E-state index contributed by atoms with van der Waals surface area (Å²) in [7, 11) is 1.69. The first kappa shape index (κ1) is 16.1. The van der Waals surface area contributed by atoms with Crippen molar-refractivity contribution < 1.29 is 13.5 Å². The van der Waals surface area contributed by atoms with Gasteiger partial charge in [0.05, 0.1) is 6.10 Å². The molecule has 1 N–H and O–H groups in total. The van der Waals surface area contributed by atoms with E-state index in [1.165, 1.54) is 12.1 Å². The molecule has 1 aromatic rings. The minimum atomic E-state index is -0.518. The smallest absolute Gasteiger partial charge is 0.126 e. The lowest BCUT2D eigenvalue weighted by Gasteiger charge is -2.20. The summed E-state index contributed by atoms with van der Waals surface area (Å²) in [6, 6.07) is 3.91. The molecule has 0 spiro atoms. The Morgan fingerprint density at radius 3 is 2.32 bits per heavy atom. The van der Waals surface area contributed by atoms with Gasteiger partial charge in [0.2, 0.25) is 0 Å². The summed E-state index contributed by atoms with van der Waals surface area (Å²) >= 11 is 0. The van der Waals surface area contributed by atoms with E-state index in [2.05, 4.69) is 5.32 Å². The van der Waals surface area contributed by atoms with Crippen LogP contribution in [0.2, 0.25) is 0 Å². The first-order valence-electron chi connectivity index (χ1n) is 6.76. The Morgan fingerprint density at radius 1 is 1.16 bits per heavy atom. The predicted molar refractivity (Wildman–Crippen MR) is 73.2 cm³/mol. The Morgan fingerprint density at radius 2 is 1.79 bits per heavy atom. The highest BCUT2D eigenvalue weighted by atomic mass is 19.1. The molecule has 1 rings (SSSR count). The van der Waals surface area contributed by atoms with E-state index < -0.39 is 11.6 Å². The number of likely N-dealkylation sites (N-methyl/N-ethyl adjacent to an activating group) is 1. The Bertz CT molecular complexity index is 364. The summed E-state index contributed by atoms with van der Waals surface area (Å²) in [5.74, 6) is -1.04. The number of nitrogens with one attached hydrogen (secondary N) is 1. The van der Waals surface area contributed by atoms with Gasteiger partial charge in [0.1, 0.15) is 11.6 Å². The molecule has 108 valence electrons. The first-order chi connectivity index (χ1) is 9.05. The van der Waals surface area contributed by atoms with Gasteiger partial charge in [-0.25, -0.2) is 8.78 Å². The van der Waals surface area contributed by atoms with Crippen molar-refractivity contribution in [1.82, 2.24) is 5.32 Å². The molecule has 0 bridgehead atoms. The molecule has 2 atom stereocenters. The van der Waals surface area contributed by atoms with Gasteiger partial charge >= 0.3 is 0 Å². The van der Waals surface area contributed by atoms with Crippen LogP contribution in [0.5, 0.6) is 0 Å². The van der Waals surface area contributed by atoms with Crippen LogP contribution in [0.1, 0.15) is 32.3 Å². The van der Waals surface area contributed by atoms with Gasteiger partial charge in [-0.15, -0.1) is 0 Å². The molecule has 0 saturated heterocycles. The van der Waals surface area contributed by atoms with Crippen LogP contribution in [0.25, 0.3) is 0 Å². The van der Waals surface area contributed by atoms with Crippen LogP contribution in [-0.4, -0.2) is 25.8 Å². The SMILES string of the molecule is CCNC(CCC(C)OC)Cc1cc(F)cc(F)c1. The second kappa shape index (κ2) is 8.23. The van der Waals surface area contributed by atoms with Gasteiger partial charge in [-0.05, 0) is 50.4 Å². The molecule has 0 aromatic heterocycles. The van der Waals surface area contributed by atoms with E-state index in [4.69, 9.17) is 4.74 Å². The van der Waals surface area contributed by atoms with Crippen molar-refractivity contribution in [2.24, 2.45) is 0 Å². The standard InChI is InChI=1S/C15H23F2NO/c1-4-18-15(6-5-11(2)19-3)9-12-7-13(16)10-14(17)8-12/h7-8,10-11,15,18H,4-6,9H2,1-3H3. The number of rotatable bonds is 8. The van der Waals surface area contributed by atoms with E-state index in [0.29, 0.717) is 12.0 Å². The third-order valence-electron chi connectivity index (χ3n) is 3.22. The zero-order chi connectivity index (χ0) is 14.3. The zero-order valence-electron chi connectivity index (χ0n) is 11.9. The molecule has 2 unspecified atom stereocenters. The highest BCUT2D eigenvalue weighted by Crippen LogP contribution is 2.13. The topological polar surface area (TPSA) is 21.3 Å². The average Bonchev–Trinajstić information content (AvgIpc) is 2.34. The van der Waals surface area contributed by atoms with Crippen molar-refractivity contribution in [2.45, 2.75) is 45.3 Å². The maximum atomic E-state index is 13.2. The van der Waals surface area contributed by atoms with E-state index in [1.54, 1.807) is 7.11 Å². The molecule has 2 nitrogen and oxygen atoms in total. The molecule has 4 heteroatoms. The van der Waals surface area contributed by atoms with Gasteiger partial charge in [-0.1, -0.05) is 6.92 Å². The van der Waals surface area contributed by atoms with Crippen LogP contribution in [-0.2, 0) is 11.2 Å². The first-order valence-corrected chi connectivity index (χ1v) is 6.76. The Kier molecular flexibility index (Phi) is 6.95. The molecule has 0 aliphatic carbocycles. The number of halogens is 2. The number of hydrogen-bond donors (Lipinski definition) is 1. The molecule has 0 heterocycles. The average molecular weight is 271 g/mol. The number of methoxy groups -OCH3 is 1. The maximum Gasteiger partial charge on any atom is 0.126 e. The lowest BCUT2D eigenvalue weighted by atomic mass is 10.00. The van der Waals surface area contributed by atoms with E-state index in [0.717, 1.165) is 25.5 Å². The molecule has 1 aromatic carbocycles. The van der Waals surface area contributed by atoms with Crippen molar-refractivity contribution in [1.29, 1.82) is 0 Å². The lowest BCUT2D eigenvalue weighted by Crippen LogP contribution is -2.32. The highest BCUT2D eigenvalue weighted by molar-refractivity contribution is 5.19. The van der Waals surface area contributed by atoms with Gasteiger partial charge in [0.15, 0.2) is 0 Å². The van der Waals surface area contributed by atoms with Gasteiger partial charge in [0.25, 0.3) is 0 Å². The molecule has 0 aliphatic heterocycles. The number of ether oxygens (including phenoxy) is 1. The number of benzene rings is 1. The fourth-order valence-corrected chi connectivity index (χ4v) is 2.13. The second-order valence-electron chi connectivity index (χ2n) is 4.86. The summed E-state index contributed by atoms with van der Waals surface area (Å²) in [5, 5.41) is 3.35. The Hall–Kier alpha value is -1.00. The predicted octanol–water partition coefficient (Wildman–Crippen LogP) is 3.30. The number of hydrogen-bond acceptors (Lipinski definition) is 2. The van der Waals surface area contributed by atoms with Crippen molar-refractivity contribution in [3.05, 3.63) is 35.4 Å². The highest BCUT2D eigenvalue weighted by Gasteiger charge is 2.12. The van der Waals surface area contributed by atoms with Gasteiger partial charge in [-0.2, -0.15) is 0 Å². The monoisotopic (exact) mass is 271 g/mol. The third kappa shape index (κ3) is 6.12. The van der Waals surface area contributed by atoms with Crippen LogP contribution in [0.4, 0.5) is 8.78 Å². The van der Waals surface area contributed by atoms with Crippen molar-refractivity contribution >= 4 is 0 Å². The summed E-state index contributed by atoms with van der Waals surface area (Å²) in [4.78, 5) is 0. The van der Waals surface area contributed by atoms with Crippen molar-refractivity contribution in [2.75, 3.05) is 13.7 Å². The maximum absolute atomic E-state index is 13.2. The van der Waals surface area contributed by atoms with Crippen LogP contribution < -0.4 is 5.32 Å². The minimum Gasteiger partial charge on any atom is -0.382 e. The second-order valence-corrected chi connectivity index (χ2v) is 4.86. The summed E-state index contributed by atoms with van der Waals surface area (Å²) < 4.78 is 31.5. The molecular weight excluding hydrogens is 248 g/mol.